The highest BCUT2D eigenvalue weighted by Crippen LogP contribution is 2.16. The summed E-state index contributed by atoms with van der Waals surface area (Å²) in [6.07, 6.45) is 0.673. The molecule has 0 radical (unpaired) electrons. The lowest BCUT2D eigenvalue weighted by molar-refractivity contribution is 0.575. The maximum Gasteiger partial charge on any atom is 0.240 e. The SMILES string of the molecule is CCCNS(=O)(=O)c1cc(F)ccc1CN. The van der Waals surface area contributed by atoms with E-state index in [9.17, 15) is 12.8 Å². The van der Waals surface area contributed by atoms with E-state index < -0.39 is 15.8 Å². The Balaban J connectivity index is 3.15. The van der Waals surface area contributed by atoms with Crippen LogP contribution in [0, 0.1) is 5.82 Å². The average Bonchev–Trinajstić information content (AvgIpc) is 2.26. The summed E-state index contributed by atoms with van der Waals surface area (Å²) in [5.74, 6) is -0.589. The van der Waals surface area contributed by atoms with Gasteiger partial charge in [0.05, 0.1) is 4.90 Å². The van der Waals surface area contributed by atoms with E-state index in [1.165, 1.54) is 12.1 Å². The minimum Gasteiger partial charge on any atom is -0.326 e. The second kappa shape index (κ2) is 5.38. The third-order valence-corrected chi connectivity index (χ3v) is 3.62. The molecular weight excluding hydrogens is 231 g/mol. The van der Waals surface area contributed by atoms with Gasteiger partial charge in [0, 0.05) is 13.1 Å². The summed E-state index contributed by atoms with van der Waals surface area (Å²) in [5.41, 5.74) is 5.82. The summed E-state index contributed by atoms with van der Waals surface area (Å²) in [6, 6.07) is 3.57. The first-order chi connectivity index (χ1) is 7.51. The molecule has 1 rings (SSSR count). The number of nitrogens with two attached hydrogens (primary N) is 1. The molecule has 0 bridgehead atoms. The van der Waals surface area contributed by atoms with Gasteiger partial charge in [-0.2, -0.15) is 0 Å². The van der Waals surface area contributed by atoms with E-state index in [0.717, 1.165) is 6.07 Å². The second-order valence-corrected chi connectivity index (χ2v) is 5.09. The van der Waals surface area contributed by atoms with Gasteiger partial charge < -0.3 is 5.73 Å². The lowest BCUT2D eigenvalue weighted by Gasteiger charge is -2.09. The van der Waals surface area contributed by atoms with Crippen LogP contribution in [0.1, 0.15) is 18.9 Å². The van der Waals surface area contributed by atoms with E-state index in [0.29, 0.717) is 18.5 Å². The molecule has 0 saturated carbocycles. The van der Waals surface area contributed by atoms with Crippen LogP contribution in [0.25, 0.3) is 0 Å². The number of nitrogens with one attached hydrogen (secondary N) is 1. The molecule has 16 heavy (non-hydrogen) atoms. The van der Waals surface area contributed by atoms with Crippen LogP contribution in [0.5, 0.6) is 0 Å². The fourth-order valence-electron chi connectivity index (χ4n) is 1.26. The predicted octanol–water partition coefficient (Wildman–Crippen LogP) is 0.973. The van der Waals surface area contributed by atoms with Gasteiger partial charge in [-0.1, -0.05) is 13.0 Å². The first-order valence-electron chi connectivity index (χ1n) is 4.99. The first kappa shape index (κ1) is 13.1. The molecule has 1 aromatic rings. The van der Waals surface area contributed by atoms with Crippen LogP contribution in [0.15, 0.2) is 23.1 Å². The van der Waals surface area contributed by atoms with Gasteiger partial charge in [-0.3, -0.25) is 0 Å². The minimum atomic E-state index is -3.66. The molecule has 0 atom stereocenters. The van der Waals surface area contributed by atoms with Gasteiger partial charge in [-0.05, 0) is 24.1 Å². The zero-order valence-corrected chi connectivity index (χ0v) is 9.85. The van der Waals surface area contributed by atoms with E-state index in [2.05, 4.69) is 4.72 Å². The van der Waals surface area contributed by atoms with Crippen LogP contribution in [0.3, 0.4) is 0 Å². The number of hydrogen-bond donors (Lipinski definition) is 2. The molecule has 6 heteroatoms. The molecule has 0 fully saturated rings. The molecule has 0 unspecified atom stereocenters. The summed E-state index contributed by atoms with van der Waals surface area (Å²) in [7, 11) is -3.66. The van der Waals surface area contributed by atoms with Crippen LogP contribution in [-0.4, -0.2) is 15.0 Å². The van der Waals surface area contributed by atoms with Gasteiger partial charge in [0.15, 0.2) is 0 Å². The molecule has 90 valence electrons. The van der Waals surface area contributed by atoms with Crippen molar-refractivity contribution >= 4 is 10.0 Å². The highest BCUT2D eigenvalue weighted by molar-refractivity contribution is 7.89. The van der Waals surface area contributed by atoms with Crippen LogP contribution in [0.2, 0.25) is 0 Å². The van der Waals surface area contributed by atoms with Crippen molar-refractivity contribution < 1.29 is 12.8 Å². The molecule has 0 saturated heterocycles. The van der Waals surface area contributed by atoms with Crippen molar-refractivity contribution in [2.75, 3.05) is 6.54 Å². The topological polar surface area (TPSA) is 72.2 Å². The van der Waals surface area contributed by atoms with E-state index in [4.69, 9.17) is 5.73 Å². The van der Waals surface area contributed by atoms with Gasteiger partial charge in [0.1, 0.15) is 5.82 Å². The largest absolute Gasteiger partial charge is 0.326 e. The Labute approximate surface area is 94.7 Å². The summed E-state index contributed by atoms with van der Waals surface area (Å²) in [5, 5.41) is 0. The summed E-state index contributed by atoms with van der Waals surface area (Å²) in [4.78, 5) is -0.0801. The Bertz CT molecular complexity index is 460. The lowest BCUT2D eigenvalue weighted by Crippen LogP contribution is -2.26. The molecule has 1 aromatic carbocycles. The molecule has 0 aromatic heterocycles. The van der Waals surface area contributed by atoms with Crippen LogP contribution in [-0.2, 0) is 16.6 Å². The predicted molar refractivity (Wildman–Crippen MR) is 59.8 cm³/mol. The fourth-order valence-corrected chi connectivity index (χ4v) is 2.65. The Morgan fingerprint density at radius 1 is 1.44 bits per heavy atom. The first-order valence-corrected chi connectivity index (χ1v) is 6.47. The number of hydrogen-bond acceptors (Lipinski definition) is 3. The fraction of sp³-hybridized carbons (Fsp3) is 0.400. The quantitative estimate of drug-likeness (QED) is 0.813. The van der Waals surface area contributed by atoms with Crippen molar-refractivity contribution in [2.24, 2.45) is 5.73 Å². The van der Waals surface area contributed by atoms with Crippen molar-refractivity contribution in [1.29, 1.82) is 0 Å². The number of benzene rings is 1. The normalized spacial score (nSPS) is 11.7. The average molecular weight is 246 g/mol. The summed E-state index contributed by atoms with van der Waals surface area (Å²) < 4.78 is 39.0. The molecule has 0 aliphatic carbocycles. The smallest absolute Gasteiger partial charge is 0.240 e. The zero-order chi connectivity index (χ0) is 12.2. The molecule has 0 aliphatic rings. The van der Waals surface area contributed by atoms with Gasteiger partial charge >= 0.3 is 0 Å². The highest BCUT2D eigenvalue weighted by Gasteiger charge is 2.17. The molecular formula is C10H15FN2O2S. The van der Waals surface area contributed by atoms with E-state index in [1.807, 2.05) is 6.92 Å². The molecule has 0 aliphatic heterocycles. The Kier molecular flexibility index (Phi) is 4.40. The van der Waals surface area contributed by atoms with Gasteiger partial charge in [0.2, 0.25) is 10.0 Å². The van der Waals surface area contributed by atoms with Crippen molar-refractivity contribution in [3.05, 3.63) is 29.6 Å². The molecule has 4 nitrogen and oxygen atoms in total. The van der Waals surface area contributed by atoms with Crippen molar-refractivity contribution in [2.45, 2.75) is 24.8 Å². The van der Waals surface area contributed by atoms with E-state index >= 15 is 0 Å². The van der Waals surface area contributed by atoms with E-state index in [-0.39, 0.29) is 11.4 Å². The highest BCUT2D eigenvalue weighted by atomic mass is 32.2. The van der Waals surface area contributed by atoms with Crippen LogP contribution >= 0.6 is 0 Å². The summed E-state index contributed by atoms with van der Waals surface area (Å²) >= 11 is 0. The second-order valence-electron chi connectivity index (χ2n) is 3.35. The number of rotatable bonds is 5. The molecule has 0 amide bonds. The molecule has 3 N–H and O–H groups in total. The van der Waals surface area contributed by atoms with Crippen LogP contribution < -0.4 is 10.5 Å². The monoisotopic (exact) mass is 246 g/mol. The minimum absolute atomic E-state index is 0.0582. The van der Waals surface area contributed by atoms with Crippen molar-refractivity contribution in [3.63, 3.8) is 0 Å². The third-order valence-electron chi connectivity index (χ3n) is 2.08. The zero-order valence-electron chi connectivity index (χ0n) is 9.03. The Morgan fingerprint density at radius 3 is 2.69 bits per heavy atom. The van der Waals surface area contributed by atoms with Crippen molar-refractivity contribution in [3.8, 4) is 0 Å². The molecule has 0 heterocycles. The van der Waals surface area contributed by atoms with Gasteiger partial charge in [-0.25, -0.2) is 17.5 Å². The van der Waals surface area contributed by atoms with Gasteiger partial charge in [0.25, 0.3) is 0 Å². The van der Waals surface area contributed by atoms with Gasteiger partial charge in [-0.15, -0.1) is 0 Å². The maximum atomic E-state index is 13.0. The Hall–Kier alpha value is -0.980. The maximum absolute atomic E-state index is 13.0. The third kappa shape index (κ3) is 3.01. The lowest BCUT2D eigenvalue weighted by atomic mass is 10.2. The standard InChI is InChI=1S/C10H15FN2O2S/c1-2-5-13-16(14,15)10-6-9(11)4-3-8(10)7-12/h3-4,6,13H,2,5,7,12H2,1H3. The van der Waals surface area contributed by atoms with E-state index in [1.54, 1.807) is 0 Å². The number of halogens is 1. The summed E-state index contributed by atoms with van der Waals surface area (Å²) in [6.45, 7) is 2.23. The van der Waals surface area contributed by atoms with Crippen LogP contribution in [0.4, 0.5) is 4.39 Å². The molecule has 0 spiro atoms. The number of sulfonamides is 1. The van der Waals surface area contributed by atoms with Crippen molar-refractivity contribution in [1.82, 2.24) is 4.72 Å². The Morgan fingerprint density at radius 2 is 2.12 bits per heavy atom.